The number of aromatic nitrogens is 1. The van der Waals surface area contributed by atoms with E-state index in [2.05, 4.69) is 10.3 Å². The molecule has 5 heteroatoms. The average molecular weight is 323 g/mol. The zero-order valence-electron chi connectivity index (χ0n) is 13.5. The number of hydrogen-bond acceptors (Lipinski definition) is 3. The van der Waals surface area contributed by atoms with Crippen molar-refractivity contribution in [1.29, 1.82) is 0 Å². The van der Waals surface area contributed by atoms with E-state index < -0.39 is 0 Å². The predicted molar refractivity (Wildman–Crippen MR) is 90.7 cm³/mol. The molecule has 5 nitrogen and oxygen atoms in total. The summed E-state index contributed by atoms with van der Waals surface area (Å²) in [5, 5.41) is 2.89. The molecule has 0 spiro atoms. The van der Waals surface area contributed by atoms with Gasteiger partial charge >= 0.3 is 0 Å². The Hall–Kier alpha value is -2.69. The van der Waals surface area contributed by atoms with Crippen molar-refractivity contribution in [3.05, 3.63) is 66.0 Å². The van der Waals surface area contributed by atoms with Crippen LogP contribution in [-0.2, 0) is 22.7 Å². The Labute approximate surface area is 141 Å². The van der Waals surface area contributed by atoms with Crippen LogP contribution < -0.4 is 5.32 Å². The second-order valence-electron chi connectivity index (χ2n) is 6.00. The molecule has 0 aliphatic carbocycles. The molecule has 3 rings (SSSR count). The normalized spacial score (nSPS) is 17.1. The number of nitrogens with one attached hydrogen (secondary N) is 1. The first-order valence-corrected chi connectivity index (χ1v) is 8.22. The summed E-state index contributed by atoms with van der Waals surface area (Å²) in [5.41, 5.74) is 1.92. The molecule has 0 saturated carbocycles. The van der Waals surface area contributed by atoms with Crippen LogP contribution in [0.3, 0.4) is 0 Å². The lowest BCUT2D eigenvalue weighted by Crippen LogP contribution is -2.37. The van der Waals surface area contributed by atoms with E-state index in [0.29, 0.717) is 25.9 Å². The third-order valence-electron chi connectivity index (χ3n) is 4.26. The number of hydrogen-bond donors (Lipinski definition) is 1. The van der Waals surface area contributed by atoms with Gasteiger partial charge in [0.15, 0.2) is 0 Å². The van der Waals surface area contributed by atoms with E-state index in [9.17, 15) is 9.59 Å². The zero-order chi connectivity index (χ0) is 16.8. The fourth-order valence-corrected chi connectivity index (χ4v) is 2.98. The summed E-state index contributed by atoms with van der Waals surface area (Å²) in [5.74, 6) is 0.0831. The van der Waals surface area contributed by atoms with Gasteiger partial charge in [0.1, 0.15) is 0 Å². The standard InChI is InChI=1S/C19H21N3O2/c23-18(21-13-16-8-4-5-11-20-16)12-17-9-10-19(24)22(17)14-15-6-2-1-3-7-15/h1-8,11,17H,9-10,12-14H2,(H,21,23). The zero-order valence-corrected chi connectivity index (χ0v) is 13.5. The third-order valence-corrected chi connectivity index (χ3v) is 4.26. The van der Waals surface area contributed by atoms with E-state index >= 15 is 0 Å². The van der Waals surface area contributed by atoms with Gasteiger partial charge in [-0.15, -0.1) is 0 Å². The van der Waals surface area contributed by atoms with Gasteiger partial charge in [-0.25, -0.2) is 0 Å². The SMILES string of the molecule is O=C(CC1CCC(=O)N1Cc1ccccc1)NCc1ccccn1. The molecular formula is C19H21N3O2. The molecule has 1 N–H and O–H groups in total. The summed E-state index contributed by atoms with van der Waals surface area (Å²) >= 11 is 0. The summed E-state index contributed by atoms with van der Waals surface area (Å²) in [4.78, 5) is 30.3. The maximum absolute atomic E-state index is 12.2. The van der Waals surface area contributed by atoms with Gasteiger partial charge in [-0.3, -0.25) is 14.6 Å². The summed E-state index contributed by atoms with van der Waals surface area (Å²) < 4.78 is 0. The van der Waals surface area contributed by atoms with Crippen LogP contribution in [0, 0.1) is 0 Å². The first kappa shape index (κ1) is 16.2. The molecule has 2 amide bonds. The van der Waals surface area contributed by atoms with E-state index in [1.165, 1.54) is 0 Å². The molecule has 2 heterocycles. The molecule has 1 aromatic heterocycles. The van der Waals surface area contributed by atoms with Gasteiger partial charge in [-0.1, -0.05) is 36.4 Å². The second kappa shape index (κ2) is 7.73. The predicted octanol–water partition coefficient (Wildman–Crippen LogP) is 2.28. The molecular weight excluding hydrogens is 302 g/mol. The lowest BCUT2D eigenvalue weighted by Gasteiger charge is -2.24. The fraction of sp³-hybridized carbons (Fsp3) is 0.316. The number of pyridine rings is 1. The van der Waals surface area contributed by atoms with Crippen molar-refractivity contribution in [3.8, 4) is 0 Å². The molecule has 1 aliphatic heterocycles. The topological polar surface area (TPSA) is 62.3 Å². The van der Waals surface area contributed by atoms with Crippen LogP contribution in [0.15, 0.2) is 54.7 Å². The van der Waals surface area contributed by atoms with Crippen molar-refractivity contribution >= 4 is 11.8 Å². The fourth-order valence-electron chi connectivity index (χ4n) is 2.98. The molecule has 1 atom stereocenters. The minimum atomic E-state index is -0.0431. The highest BCUT2D eigenvalue weighted by Gasteiger charge is 2.32. The number of rotatable bonds is 6. The Balaban J connectivity index is 1.55. The van der Waals surface area contributed by atoms with Crippen LogP contribution in [0.5, 0.6) is 0 Å². The third kappa shape index (κ3) is 4.19. The molecule has 1 aromatic carbocycles. The Kier molecular flexibility index (Phi) is 5.21. The summed E-state index contributed by atoms with van der Waals surface area (Å²) in [7, 11) is 0. The molecule has 2 aromatic rings. The first-order valence-electron chi connectivity index (χ1n) is 8.22. The van der Waals surface area contributed by atoms with E-state index in [1.54, 1.807) is 6.20 Å². The molecule has 1 unspecified atom stereocenters. The van der Waals surface area contributed by atoms with E-state index in [1.807, 2.05) is 53.4 Å². The summed E-state index contributed by atoms with van der Waals surface area (Å²) in [6.07, 6.45) is 3.30. The maximum atomic E-state index is 12.2. The number of carbonyl (C=O) groups is 2. The molecule has 1 fully saturated rings. The maximum Gasteiger partial charge on any atom is 0.223 e. The van der Waals surface area contributed by atoms with Crippen LogP contribution in [-0.4, -0.2) is 27.7 Å². The number of amides is 2. The Morgan fingerprint density at radius 2 is 1.96 bits per heavy atom. The van der Waals surface area contributed by atoms with Gasteiger partial charge in [-0.2, -0.15) is 0 Å². The first-order chi connectivity index (χ1) is 11.7. The van der Waals surface area contributed by atoms with Crippen LogP contribution in [0.4, 0.5) is 0 Å². The highest BCUT2D eigenvalue weighted by atomic mass is 16.2. The van der Waals surface area contributed by atoms with Crippen LogP contribution >= 0.6 is 0 Å². The largest absolute Gasteiger partial charge is 0.350 e. The van der Waals surface area contributed by atoms with Crippen molar-refractivity contribution in [3.63, 3.8) is 0 Å². The van der Waals surface area contributed by atoms with Crippen molar-refractivity contribution in [2.45, 2.75) is 38.4 Å². The Bertz CT molecular complexity index is 688. The highest BCUT2D eigenvalue weighted by molar-refractivity contribution is 5.82. The van der Waals surface area contributed by atoms with Gasteiger partial charge in [0, 0.05) is 31.6 Å². The van der Waals surface area contributed by atoms with Gasteiger partial charge in [0.05, 0.1) is 12.2 Å². The quantitative estimate of drug-likeness (QED) is 0.887. The lowest BCUT2D eigenvalue weighted by atomic mass is 10.1. The highest BCUT2D eigenvalue weighted by Crippen LogP contribution is 2.23. The number of likely N-dealkylation sites (tertiary alicyclic amines) is 1. The number of nitrogens with zero attached hydrogens (tertiary/aromatic N) is 2. The average Bonchev–Trinajstić information content (AvgIpc) is 2.95. The van der Waals surface area contributed by atoms with Crippen LogP contribution in [0.2, 0.25) is 0 Å². The minimum Gasteiger partial charge on any atom is -0.350 e. The van der Waals surface area contributed by atoms with Gasteiger partial charge in [0.2, 0.25) is 11.8 Å². The number of carbonyl (C=O) groups excluding carboxylic acids is 2. The monoisotopic (exact) mass is 323 g/mol. The van der Waals surface area contributed by atoms with Crippen LogP contribution in [0.1, 0.15) is 30.5 Å². The van der Waals surface area contributed by atoms with Crippen LogP contribution in [0.25, 0.3) is 0 Å². The van der Waals surface area contributed by atoms with E-state index in [0.717, 1.165) is 17.7 Å². The van der Waals surface area contributed by atoms with E-state index in [-0.39, 0.29) is 17.9 Å². The number of benzene rings is 1. The van der Waals surface area contributed by atoms with E-state index in [4.69, 9.17) is 0 Å². The summed E-state index contributed by atoms with van der Waals surface area (Å²) in [6.45, 7) is 0.983. The molecule has 124 valence electrons. The van der Waals surface area contributed by atoms with Gasteiger partial charge in [-0.05, 0) is 24.1 Å². The lowest BCUT2D eigenvalue weighted by molar-refractivity contribution is -0.130. The molecule has 1 aliphatic rings. The molecule has 0 bridgehead atoms. The minimum absolute atomic E-state index is 0.0264. The van der Waals surface area contributed by atoms with Gasteiger partial charge in [0.25, 0.3) is 0 Å². The van der Waals surface area contributed by atoms with Crippen molar-refractivity contribution in [1.82, 2.24) is 15.2 Å². The Morgan fingerprint density at radius 1 is 1.17 bits per heavy atom. The van der Waals surface area contributed by atoms with Gasteiger partial charge < -0.3 is 10.2 Å². The van der Waals surface area contributed by atoms with Crippen molar-refractivity contribution < 1.29 is 9.59 Å². The summed E-state index contributed by atoms with van der Waals surface area (Å²) in [6, 6.07) is 15.5. The smallest absolute Gasteiger partial charge is 0.223 e. The molecule has 24 heavy (non-hydrogen) atoms. The van der Waals surface area contributed by atoms with Crippen molar-refractivity contribution in [2.75, 3.05) is 0 Å². The van der Waals surface area contributed by atoms with Crippen molar-refractivity contribution in [2.24, 2.45) is 0 Å². The Morgan fingerprint density at radius 3 is 2.71 bits per heavy atom. The second-order valence-corrected chi connectivity index (χ2v) is 6.00. The molecule has 0 radical (unpaired) electrons. The molecule has 1 saturated heterocycles.